The second kappa shape index (κ2) is 16.2. The summed E-state index contributed by atoms with van der Waals surface area (Å²) in [5.41, 5.74) is 9.71. The average Bonchev–Trinajstić information content (AvgIpc) is 2.12. The van der Waals surface area contributed by atoms with Gasteiger partial charge in [0, 0.05) is 16.4 Å². The van der Waals surface area contributed by atoms with Crippen molar-refractivity contribution in [2.45, 2.75) is 25.5 Å². The molecule has 4 heteroatoms. The largest absolute Gasteiger partial charge is 0.330 e. The van der Waals surface area contributed by atoms with E-state index in [1.807, 2.05) is 0 Å². The maximum Gasteiger partial charge on any atom is 0.0425 e. The number of rotatable bonds is 5. The summed E-state index contributed by atoms with van der Waals surface area (Å²) < 4.78 is 87.4. The van der Waals surface area contributed by atoms with Gasteiger partial charge in [-0.25, -0.2) is 0 Å². The van der Waals surface area contributed by atoms with Gasteiger partial charge >= 0.3 is 0 Å². The molecule has 0 spiro atoms. The smallest absolute Gasteiger partial charge is 0.0425 e. The van der Waals surface area contributed by atoms with Crippen LogP contribution in [0.25, 0.3) is 0 Å². The molecule has 0 aromatic rings. The van der Waals surface area contributed by atoms with Gasteiger partial charge < -0.3 is 11.5 Å². The molecule has 0 amide bonds. The van der Waals surface area contributed by atoms with E-state index in [0.29, 0.717) is 0 Å². The molecule has 0 saturated heterocycles. The lowest BCUT2D eigenvalue weighted by Gasteiger charge is -1.94. The van der Waals surface area contributed by atoms with Gasteiger partial charge in [-0.15, -0.1) is 24.8 Å². The molecule has 0 aromatic heterocycles. The van der Waals surface area contributed by atoms with Crippen LogP contribution in [-0.2, 0) is 0 Å². The number of halogens is 2. The zero-order valence-electron chi connectivity index (χ0n) is 17.0. The van der Waals surface area contributed by atoms with Crippen LogP contribution < -0.4 is 11.5 Å². The molecule has 10 heavy (non-hydrogen) atoms. The molecule has 0 aliphatic rings. The highest BCUT2D eigenvalue weighted by atomic mass is 35.5. The topological polar surface area (TPSA) is 52.0 Å². The highest BCUT2D eigenvalue weighted by Gasteiger charge is 1.83. The van der Waals surface area contributed by atoms with E-state index in [1.165, 1.54) is 0 Å². The third-order valence-electron chi connectivity index (χ3n) is 0.332. The molecule has 2 nitrogen and oxygen atoms in total. The summed E-state index contributed by atoms with van der Waals surface area (Å²) in [5.74, 6) is 0. The highest BCUT2D eigenvalue weighted by Crippen LogP contribution is 1.95. The normalized spacial score (nSPS) is 34.2. The second-order valence-electron chi connectivity index (χ2n) is 0.789. The van der Waals surface area contributed by atoms with Crippen molar-refractivity contribution in [3.8, 4) is 0 Å². The van der Waals surface area contributed by atoms with E-state index in [9.17, 15) is 0 Å². The zero-order chi connectivity index (χ0) is 17.0. The van der Waals surface area contributed by atoms with Crippen LogP contribution in [-0.4, -0.2) is 13.0 Å². The molecule has 0 rings (SSSR count). The van der Waals surface area contributed by atoms with Crippen molar-refractivity contribution in [3.05, 3.63) is 0 Å². The quantitative estimate of drug-likeness (QED) is 0.704. The molecule has 0 aliphatic heterocycles. The summed E-state index contributed by atoms with van der Waals surface area (Å²) in [4.78, 5) is 0. The Balaban J connectivity index is -0.00000180. The minimum absolute atomic E-state index is 0. The summed E-state index contributed by atoms with van der Waals surface area (Å²) >= 11 is 0. The predicted molar refractivity (Wildman–Crippen MR) is 51.1 cm³/mol. The molecule has 66 valence electrons. The standard InChI is InChI=1S/C6H16N2.2ClH/c7-5-3-1-2-4-6-8;;/h1-8H2;2*1H/i1D2,2D2,3D2,4D2,5D2,6D2;;. The van der Waals surface area contributed by atoms with Crippen molar-refractivity contribution in [3.63, 3.8) is 0 Å². The monoisotopic (exact) mass is 200 g/mol. The maximum atomic E-state index is 7.46. The summed E-state index contributed by atoms with van der Waals surface area (Å²) in [6.45, 7) is -6.66. The van der Waals surface area contributed by atoms with Gasteiger partial charge in [0.15, 0.2) is 0 Å². The van der Waals surface area contributed by atoms with Gasteiger partial charge in [-0.05, 0) is 25.7 Å². The molecule has 0 radical (unpaired) electrons. The van der Waals surface area contributed by atoms with Crippen LogP contribution in [0.5, 0.6) is 0 Å². The Morgan fingerprint density at radius 1 is 0.800 bits per heavy atom. The lowest BCUT2D eigenvalue weighted by atomic mass is 10.2. The van der Waals surface area contributed by atoms with Crippen LogP contribution in [0.3, 0.4) is 0 Å². The van der Waals surface area contributed by atoms with Gasteiger partial charge in [0.05, 0.1) is 0 Å². The van der Waals surface area contributed by atoms with E-state index in [1.54, 1.807) is 0 Å². The van der Waals surface area contributed by atoms with E-state index in [4.69, 9.17) is 27.9 Å². The van der Waals surface area contributed by atoms with Crippen LogP contribution in [0.1, 0.15) is 41.9 Å². The van der Waals surface area contributed by atoms with Gasteiger partial charge in [0.25, 0.3) is 0 Å². The molecule has 0 unspecified atom stereocenters. The lowest BCUT2D eigenvalue weighted by Crippen LogP contribution is -2.00. The van der Waals surface area contributed by atoms with Crippen molar-refractivity contribution in [1.29, 1.82) is 0 Å². The van der Waals surface area contributed by atoms with Crippen molar-refractivity contribution in [1.82, 2.24) is 0 Å². The van der Waals surface area contributed by atoms with Gasteiger partial charge in [-0.3, -0.25) is 0 Å². The van der Waals surface area contributed by atoms with E-state index in [-0.39, 0.29) is 24.8 Å². The Morgan fingerprint density at radius 2 is 1.10 bits per heavy atom. The van der Waals surface area contributed by atoms with Crippen molar-refractivity contribution in [2.24, 2.45) is 11.5 Å². The molecular formula is C6H18Cl2N2. The van der Waals surface area contributed by atoms with E-state index < -0.39 is 38.5 Å². The Morgan fingerprint density at radius 3 is 1.30 bits per heavy atom. The molecule has 0 aliphatic carbocycles. The highest BCUT2D eigenvalue weighted by molar-refractivity contribution is 5.85. The fourth-order valence-electron chi connectivity index (χ4n) is 0.135. The molecule has 0 fully saturated rings. The van der Waals surface area contributed by atoms with Crippen LogP contribution in [0.4, 0.5) is 0 Å². The van der Waals surface area contributed by atoms with Crippen molar-refractivity contribution < 1.29 is 16.4 Å². The van der Waals surface area contributed by atoms with E-state index in [0.717, 1.165) is 0 Å². The number of hydrogen-bond donors (Lipinski definition) is 2. The van der Waals surface area contributed by atoms with Gasteiger partial charge in [0.1, 0.15) is 0 Å². The van der Waals surface area contributed by atoms with Crippen LogP contribution >= 0.6 is 24.8 Å². The fourth-order valence-corrected chi connectivity index (χ4v) is 0.135. The Labute approximate surface area is 92.4 Å². The molecule has 4 N–H and O–H groups in total. The average molecular weight is 201 g/mol. The predicted octanol–water partition coefficient (Wildman–Crippen LogP) is 1.31. The molecular weight excluding hydrogens is 171 g/mol. The molecule has 0 heterocycles. The van der Waals surface area contributed by atoms with Crippen LogP contribution in [0, 0.1) is 0 Å². The molecule has 0 bridgehead atoms. The SMILES string of the molecule is Cl.Cl.[2H]C([2H])(N)C([2H])([2H])C([2H])([2H])C([2H])([2H])C([2H])([2H])C([2H])([2H])N. The zero-order valence-corrected chi connectivity index (χ0v) is 6.60. The van der Waals surface area contributed by atoms with Crippen molar-refractivity contribution >= 4 is 24.8 Å². The fraction of sp³-hybridized carbons (Fsp3) is 1.00. The maximum absolute atomic E-state index is 7.46. The van der Waals surface area contributed by atoms with Crippen LogP contribution in [0.15, 0.2) is 0 Å². The number of hydrogen-bond acceptors (Lipinski definition) is 2. The summed E-state index contributed by atoms with van der Waals surface area (Å²) in [6, 6.07) is 0. The lowest BCUT2D eigenvalue weighted by molar-refractivity contribution is 0.653. The van der Waals surface area contributed by atoms with E-state index >= 15 is 0 Å². The summed E-state index contributed by atoms with van der Waals surface area (Å²) in [6.07, 6.45) is -14.9. The number of nitrogens with two attached hydrogens (primary N) is 2. The van der Waals surface area contributed by atoms with Crippen LogP contribution in [0.2, 0.25) is 0 Å². The summed E-state index contributed by atoms with van der Waals surface area (Å²) in [7, 11) is 0. The first-order chi connectivity index (χ1) is 8.25. The molecule has 0 atom stereocenters. The third kappa shape index (κ3) is 15.8. The molecule has 0 saturated carbocycles. The first-order valence-electron chi connectivity index (χ1n) is 7.83. The molecule has 0 aromatic carbocycles. The minimum Gasteiger partial charge on any atom is -0.330 e. The van der Waals surface area contributed by atoms with Gasteiger partial charge in [-0.2, -0.15) is 0 Å². The Kier molecular flexibility index (Phi) is 4.05. The van der Waals surface area contributed by atoms with Gasteiger partial charge in [0.2, 0.25) is 0 Å². The van der Waals surface area contributed by atoms with Gasteiger partial charge in [-0.1, -0.05) is 12.7 Å². The Bertz CT molecular complexity index is 337. The first-order valence-corrected chi connectivity index (χ1v) is 1.83. The first kappa shape index (κ1) is 2.49. The third-order valence-corrected chi connectivity index (χ3v) is 0.332. The van der Waals surface area contributed by atoms with Crippen molar-refractivity contribution in [2.75, 3.05) is 13.0 Å². The van der Waals surface area contributed by atoms with E-state index in [2.05, 4.69) is 0 Å². The minimum atomic E-state index is -3.81. The summed E-state index contributed by atoms with van der Waals surface area (Å²) in [5, 5.41) is 0. The Hall–Kier alpha value is 0.500. The second-order valence-corrected chi connectivity index (χ2v) is 0.789.